The lowest BCUT2D eigenvalue weighted by atomic mass is 9.81. The van der Waals surface area contributed by atoms with Gasteiger partial charge in [0.25, 0.3) is 0 Å². The van der Waals surface area contributed by atoms with Crippen LogP contribution in [0.3, 0.4) is 0 Å². The number of carbonyl (C=O) groups excluding carboxylic acids is 1. The molecule has 0 aliphatic heterocycles. The minimum atomic E-state index is -0.388. The molecule has 0 saturated heterocycles. The maximum Gasteiger partial charge on any atom is 0.227 e. The zero-order chi connectivity index (χ0) is 15.1. The number of amides is 1. The molecule has 114 valence electrons. The van der Waals surface area contributed by atoms with Crippen molar-refractivity contribution in [2.45, 2.75) is 66.5 Å². The molecule has 19 heavy (non-hydrogen) atoms. The monoisotopic (exact) mass is 271 g/mol. The molecule has 4 nitrogen and oxygen atoms in total. The molecule has 0 rings (SSSR count). The Morgan fingerprint density at radius 2 is 1.63 bits per heavy atom. The van der Waals surface area contributed by atoms with E-state index in [1.54, 1.807) is 0 Å². The van der Waals surface area contributed by atoms with Crippen molar-refractivity contribution in [3.8, 4) is 0 Å². The number of nitrogens with two attached hydrogens (primary N) is 1. The molecule has 0 aromatic heterocycles. The molecule has 0 bridgehead atoms. The highest BCUT2D eigenvalue weighted by molar-refractivity contribution is 5.82. The zero-order valence-corrected chi connectivity index (χ0v) is 13.6. The number of hydrogen-bond acceptors (Lipinski definition) is 3. The molecule has 0 aliphatic rings. The lowest BCUT2D eigenvalue weighted by Crippen LogP contribution is -2.48. The lowest BCUT2D eigenvalue weighted by Gasteiger charge is -2.32. The molecule has 0 aliphatic carbocycles. The Kier molecular flexibility index (Phi) is 8.26. The van der Waals surface area contributed by atoms with E-state index in [0.29, 0.717) is 25.2 Å². The molecule has 0 fully saturated rings. The third kappa shape index (κ3) is 5.11. The SMILES string of the molecule is CCC(CC)(CN)C(=O)NCCN(C(C)C)C(C)C. The number of nitrogens with one attached hydrogen (secondary N) is 1. The van der Waals surface area contributed by atoms with E-state index in [4.69, 9.17) is 5.73 Å². The average Bonchev–Trinajstić information content (AvgIpc) is 2.36. The van der Waals surface area contributed by atoms with E-state index in [2.05, 4.69) is 37.9 Å². The summed E-state index contributed by atoms with van der Waals surface area (Å²) in [4.78, 5) is 14.6. The van der Waals surface area contributed by atoms with Crippen molar-refractivity contribution in [3.63, 3.8) is 0 Å². The molecule has 0 saturated carbocycles. The molecule has 3 N–H and O–H groups in total. The van der Waals surface area contributed by atoms with Crippen molar-refractivity contribution >= 4 is 5.91 Å². The second-order valence-electron chi connectivity index (χ2n) is 5.87. The summed E-state index contributed by atoms with van der Waals surface area (Å²) in [5.41, 5.74) is 5.40. The molecule has 0 spiro atoms. The van der Waals surface area contributed by atoms with Crippen LogP contribution in [0.1, 0.15) is 54.4 Å². The van der Waals surface area contributed by atoms with Crippen LogP contribution in [0, 0.1) is 5.41 Å². The van der Waals surface area contributed by atoms with Gasteiger partial charge in [0.05, 0.1) is 5.41 Å². The minimum Gasteiger partial charge on any atom is -0.354 e. The fourth-order valence-corrected chi connectivity index (χ4v) is 2.55. The first-order valence-electron chi connectivity index (χ1n) is 7.58. The van der Waals surface area contributed by atoms with E-state index in [9.17, 15) is 4.79 Å². The Bertz CT molecular complexity index is 244. The second-order valence-corrected chi connectivity index (χ2v) is 5.87. The Morgan fingerprint density at radius 1 is 1.16 bits per heavy atom. The van der Waals surface area contributed by atoms with Crippen LogP contribution in [0.2, 0.25) is 0 Å². The third-order valence-electron chi connectivity index (χ3n) is 4.21. The van der Waals surface area contributed by atoms with Gasteiger partial charge in [0, 0.05) is 31.7 Å². The highest BCUT2D eigenvalue weighted by Gasteiger charge is 2.32. The van der Waals surface area contributed by atoms with Gasteiger partial charge >= 0.3 is 0 Å². The van der Waals surface area contributed by atoms with Crippen LogP contribution in [0.5, 0.6) is 0 Å². The molecular formula is C15H33N3O. The van der Waals surface area contributed by atoms with Crippen molar-refractivity contribution in [2.24, 2.45) is 11.1 Å². The van der Waals surface area contributed by atoms with Crippen LogP contribution < -0.4 is 11.1 Å². The van der Waals surface area contributed by atoms with Gasteiger partial charge in [-0.05, 0) is 40.5 Å². The second kappa shape index (κ2) is 8.54. The van der Waals surface area contributed by atoms with Crippen LogP contribution in [0.25, 0.3) is 0 Å². The van der Waals surface area contributed by atoms with E-state index < -0.39 is 0 Å². The summed E-state index contributed by atoms with van der Waals surface area (Å²) in [5, 5.41) is 3.06. The van der Waals surface area contributed by atoms with Gasteiger partial charge in [-0.1, -0.05) is 13.8 Å². The first-order valence-corrected chi connectivity index (χ1v) is 7.58. The van der Waals surface area contributed by atoms with Gasteiger partial charge in [0.15, 0.2) is 0 Å². The number of rotatable bonds is 9. The van der Waals surface area contributed by atoms with Crippen molar-refractivity contribution in [1.29, 1.82) is 0 Å². The fourth-order valence-electron chi connectivity index (χ4n) is 2.55. The van der Waals surface area contributed by atoms with Crippen molar-refractivity contribution < 1.29 is 4.79 Å². The fraction of sp³-hybridized carbons (Fsp3) is 0.933. The number of carbonyl (C=O) groups is 1. The molecule has 1 amide bonds. The molecule has 0 unspecified atom stereocenters. The number of hydrogen-bond donors (Lipinski definition) is 2. The summed E-state index contributed by atoms with van der Waals surface area (Å²) in [6.07, 6.45) is 1.59. The predicted octanol–water partition coefficient (Wildman–Crippen LogP) is 1.99. The summed E-state index contributed by atoms with van der Waals surface area (Å²) in [5.74, 6) is 0.104. The standard InChI is InChI=1S/C15H33N3O/c1-7-15(8-2,11-16)14(19)17-9-10-18(12(3)4)13(5)6/h12-13H,7-11,16H2,1-6H3,(H,17,19). The van der Waals surface area contributed by atoms with Crippen molar-refractivity contribution in [3.05, 3.63) is 0 Å². The summed E-state index contributed by atoms with van der Waals surface area (Å²) in [6.45, 7) is 14.8. The maximum absolute atomic E-state index is 12.3. The largest absolute Gasteiger partial charge is 0.354 e. The van der Waals surface area contributed by atoms with E-state index in [0.717, 1.165) is 19.4 Å². The average molecular weight is 271 g/mol. The van der Waals surface area contributed by atoms with Crippen LogP contribution in [0.15, 0.2) is 0 Å². The van der Waals surface area contributed by atoms with Gasteiger partial charge < -0.3 is 11.1 Å². The van der Waals surface area contributed by atoms with Crippen LogP contribution in [0.4, 0.5) is 0 Å². The summed E-state index contributed by atoms with van der Waals surface area (Å²) < 4.78 is 0. The summed E-state index contributed by atoms with van der Waals surface area (Å²) >= 11 is 0. The van der Waals surface area contributed by atoms with Crippen LogP contribution >= 0.6 is 0 Å². The van der Waals surface area contributed by atoms with Gasteiger partial charge in [0.2, 0.25) is 5.91 Å². The number of nitrogens with zero attached hydrogens (tertiary/aromatic N) is 1. The third-order valence-corrected chi connectivity index (χ3v) is 4.21. The molecule has 0 heterocycles. The molecule has 0 aromatic rings. The van der Waals surface area contributed by atoms with E-state index in [1.165, 1.54) is 0 Å². The first-order chi connectivity index (χ1) is 8.84. The summed E-state index contributed by atoms with van der Waals surface area (Å²) in [6, 6.07) is 0.988. The van der Waals surface area contributed by atoms with Crippen molar-refractivity contribution in [1.82, 2.24) is 10.2 Å². The van der Waals surface area contributed by atoms with E-state index >= 15 is 0 Å². The Labute approximate surface area is 119 Å². The minimum absolute atomic E-state index is 0.104. The van der Waals surface area contributed by atoms with Gasteiger partial charge in [-0.2, -0.15) is 0 Å². The Hall–Kier alpha value is -0.610. The van der Waals surface area contributed by atoms with Gasteiger partial charge in [-0.3, -0.25) is 9.69 Å². The van der Waals surface area contributed by atoms with Crippen molar-refractivity contribution in [2.75, 3.05) is 19.6 Å². The topological polar surface area (TPSA) is 58.4 Å². The van der Waals surface area contributed by atoms with Crippen LogP contribution in [-0.2, 0) is 4.79 Å². The van der Waals surface area contributed by atoms with E-state index in [1.807, 2.05) is 13.8 Å². The van der Waals surface area contributed by atoms with Crippen LogP contribution in [-0.4, -0.2) is 42.5 Å². The molecule has 0 atom stereocenters. The quantitative estimate of drug-likeness (QED) is 0.674. The van der Waals surface area contributed by atoms with Gasteiger partial charge in [0.1, 0.15) is 0 Å². The zero-order valence-electron chi connectivity index (χ0n) is 13.6. The highest BCUT2D eigenvalue weighted by atomic mass is 16.2. The lowest BCUT2D eigenvalue weighted by molar-refractivity contribution is -0.131. The highest BCUT2D eigenvalue weighted by Crippen LogP contribution is 2.24. The predicted molar refractivity (Wildman–Crippen MR) is 82.1 cm³/mol. The summed E-state index contributed by atoms with van der Waals surface area (Å²) in [7, 11) is 0. The molecular weight excluding hydrogens is 238 g/mol. The molecule has 0 aromatic carbocycles. The Morgan fingerprint density at radius 3 is 1.95 bits per heavy atom. The smallest absolute Gasteiger partial charge is 0.227 e. The Balaban J connectivity index is 4.37. The normalized spacial score (nSPS) is 12.5. The van der Waals surface area contributed by atoms with E-state index in [-0.39, 0.29) is 11.3 Å². The molecule has 4 heteroatoms. The maximum atomic E-state index is 12.3. The molecule has 0 radical (unpaired) electrons. The van der Waals surface area contributed by atoms with Gasteiger partial charge in [-0.15, -0.1) is 0 Å². The first kappa shape index (κ1) is 18.4. The van der Waals surface area contributed by atoms with Gasteiger partial charge in [-0.25, -0.2) is 0 Å².